The summed E-state index contributed by atoms with van der Waals surface area (Å²) in [4.78, 5) is 0. The Morgan fingerprint density at radius 3 is 2.94 bits per heavy atom. The fourth-order valence-electron chi connectivity index (χ4n) is 2.85. The third-order valence-corrected chi connectivity index (χ3v) is 3.87. The fraction of sp³-hybridized carbons (Fsp3) is 0.600. The van der Waals surface area contributed by atoms with E-state index in [2.05, 4.69) is 23.5 Å². The molecule has 98 valence electrons. The smallest absolute Gasteiger partial charge is 0.122 e. The molecule has 0 radical (unpaired) electrons. The van der Waals surface area contributed by atoms with Gasteiger partial charge in [0.1, 0.15) is 5.75 Å². The molecule has 2 heterocycles. The predicted octanol–water partition coefficient (Wildman–Crippen LogP) is 2.32. The molecule has 1 aromatic rings. The minimum atomic E-state index is 0.431. The van der Waals surface area contributed by atoms with Crippen LogP contribution in [0, 0.1) is 0 Å². The molecule has 2 aliphatic heterocycles. The average molecular weight is 247 g/mol. The topological polar surface area (TPSA) is 30.5 Å². The highest BCUT2D eigenvalue weighted by molar-refractivity contribution is 5.37. The van der Waals surface area contributed by atoms with Crippen LogP contribution in [0.2, 0.25) is 0 Å². The van der Waals surface area contributed by atoms with Crippen LogP contribution in [0.25, 0.3) is 0 Å². The zero-order valence-electron chi connectivity index (χ0n) is 10.7. The zero-order valence-corrected chi connectivity index (χ0v) is 10.7. The SMILES string of the molecule is c1ccc2c(c1)OCCC2CNCC1CCCO1. The lowest BCUT2D eigenvalue weighted by molar-refractivity contribution is 0.109. The van der Waals surface area contributed by atoms with E-state index in [-0.39, 0.29) is 0 Å². The van der Waals surface area contributed by atoms with Gasteiger partial charge in [0.25, 0.3) is 0 Å². The molecule has 1 N–H and O–H groups in total. The van der Waals surface area contributed by atoms with E-state index in [0.717, 1.165) is 38.5 Å². The second-order valence-electron chi connectivity index (χ2n) is 5.17. The van der Waals surface area contributed by atoms with Gasteiger partial charge in [-0.05, 0) is 30.9 Å². The second kappa shape index (κ2) is 5.72. The molecule has 0 spiro atoms. The van der Waals surface area contributed by atoms with Gasteiger partial charge >= 0.3 is 0 Å². The third kappa shape index (κ3) is 2.68. The average Bonchev–Trinajstić information content (AvgIpc) is 2.92. The molecule has 18 heavy (non-hydrogen) atoms. The molecule has 0 amide bonds. The van der Waals surface area contributed by atoms with Crippen LogP contribution in [0.3, 0.4) is 0 Å². The van der Waals surface area contributed by atoms with Crippen LogP contribution in [0.4, 0.5) is 0 Å². The number of hydrogen-bond donors (Lipinski definition) is 1. The molecular formula is C15H21NO2. The monoisotopic (exact) mass is 247 g/mol. The molecule has 0 saturated carbocycles. The van der Waals surface area contributed by atoms with Crippen molar-refractivity contribution in [3.8, 4) is 5.75 Å². The summed E-state index contributed by atoms with van der Waals surface area (Å²) >= 11 is 0. The maximum Gasteiger partial charge on any atom is 0.122 e. The second-order valence-corrected chi connectivity index (χ2v) is 5.17. The molecule has 3 heteroatoms. The molecule has 3 nitrogen and oxygen atoms in total. The maximum atomic E-state index is 5.68. The van der Waals surface area contributed by atoms with Gasteiger partial charge < -0.3 is 14.8 Å². The van der Waals surface area contributed by atoms with Gasteiger partial charge in [-0.25, -0.2) is 0 Å². The molecule has 0 aliphatic carbocycles. The van der Waals surface area contributed by atoms with Crippen molar-refractivity contribution in [3.63, 3.8) is 0 Å². The number of benzene rings is 1. The van der Waals surface area contributed by atoms with Crippen molar-refractivity contribution in [1.82, 2.24) is 5.32 Å². The largest absolute Gasteiger partial charge is 0.493 e. The van der Waals surface area contributed by atoms with Crippen molar-refractivity contribution >= 4 is 0 Å². The van der Waals surface area contributed by atoms with Crippen LogP contribution in [-0.2, 0) is 4.74 Å². The van der Waals surface area contributed by atoms with Crippen molar-refractivity contribution in [1.29, 1.82) is 0 Å². The number of nitrogens with one attached hydrogen (secondary N) is 1. The standard InChI is InChI=1S/C15H21NO2/c1-2-6-15-14(5-1)12(7-9-18-15)10-16-11-13-4-3-8-17-13/h1-2,5-6,12-13,16H,3-4,7-11H2. The Balaban J connectivity index is 1.54. The Labute approximate surface area is 108 Å². The first-order valence-electron chi connectivity index (χ1n) is 6.97. The summed E-state index contributed by atoms with van der Waals surface area (Å²) in [5, 5.41) is 3.56. The third-order valence-electron chi connectivity index (χ3n) is 3.87. The van der Waals surface area contributed by atoms with Gasteiger partial charge in [-0.15, -0.1) is 0 Å². The van der Waals surface area contributed by atoms with Gasteiger partial charge in [0.2, 0.25) is 0 Å². The normalized spacial score (nSPS) is 26.7. The van der Waals surface area contributed by atoms with Gasteiger partial charge in [-0.3, -0.25) is 0 Å². The van der Waals surface area contributed by atoms with Gasteiger partial charge in [-0.1, -0.05) is 18.2 Å². The lowest BCUT2D eigenvalue weighted by Crippen LogP contribution is -2.31. The Morgan fingerprint density at radius 1 is 1.11 bits per heavy atom. The predicted molar refractivity (Wildman–Crippen MR) is 71.1 cm³/mol. The maximum absolute atomic E-state index is 5.68. The van der Waals surface area contributed by atoms with Gasteiger partial charge in [0.15, 0.2) is 0 Å². The zero-order chi connectivity index (χ0) is 12.2. The molecule has 1 fully saturated rings. The summed E-state index contributed by atoms with van der Waals surface area (Å²) in [6.45, 7) is 3.79. The Morgan fingerprint density at radius 2 is 2.06 bits per heavy atom. The minimum Gasteiger partial charge on any atom is -0.493 e. The first kappa shape index (κ1) is 12.0. The van der Waals surface area contributed by atoms with Gasteiger partial charge in [-0.2, -0.15) is 0 Å². The molecule has 2 atom stereocenters. The molecule has 1 saturated heterocycles. The van der Waals surface area contributed by atoms with Gasteiger partial charge in [0.05, 0.1) is 12.7 Å². The van der Waals surface area contributed by atoms with Crippen LogP contribution < -0.4 is 10.1 Å². The van der Waals surface area contributed by atoms with E-state index in [1.807, 2.05) is 6.07 Å². The highest BCUT2D eigenvalue weighted by atomic mass is 16.5. The highest BCUT2D eigenvalue weighted by Gasteiger charge is 2.21. The van der Waals surface area contributed by atoms with Crippen LogP contribution in [0.5, 0.6) is 5.75 Å². The van der Waals surface area contributed by atoms with E-state index in [4.69, 9.17) is 9.47 Å². The van der Waals surface area contributed by atoms with Crippen LogP contribution in [-0.4, -0.2) is 32.4 Å². The summed E-state index contributed by atoms with van der Waals surface area (Å²) in [5.74, 6) is 1.64. The van der Waals surface area contributed by atoms with Crippen LogP contribution in [0.1, 0.15) is 30.7 Å². The first-order chi connectivity index (χ1) is 8.93. The number of rotatable bonds is 4. The Kier molecular flexibility index (Phi) is 3.81. The summed E-state index contributed by atoms with van der Waals surface area (Å²) in [6, 6.07) is 8.40. The number of hydrogen-bond acceptors (Lipinski definition) is 3. The minimum absolute atomic E-state index is 0.431. The quantitative estimate of drug-likeness (QED) is 0.885. The molecule has 1 aromatic carbocycles. The Hall–Kier alpha value is -1.06. The van der Waals surface area contributed by atoms with Crippen LogP contribution in [0.15, 0.2) is 24.3 Å². The molecule has 2 aliphatic rings. The van der Waals surface area contributed by atoms with Crippen molar-refractivity contribution < 1.29 is 9.47 Å². The number of ether oxygens (including phenoxy) is 2. The van der Waals surface area contributed by atoms with Crippen molar-refractivity contribution in [2.45, 2.75) is 31.3 Å². The van der Waals surface area contributed by atoms with Crippen LogP contribution >= 0.6 is 0 Å². The number of para-hydroxylation sites is 1. The summed E-state index contributed by atoms with van der Waals surface area (Å²) in [7, 11) is 0. The highest BCUT2D eigenvalue weighted by Crippen LogP contribution is 2.32. The number of fused-ring (bicyclic) bond motifs is 1. The lowest BCUT2D eigenvalue weighted by atomic mass is 9.93. The first-order valence-corrected chi connectivity index (χ1v) is 6.97. The van der Waals surface area contributed by atoms with E-state index >= 15 is 0 Å². The van der Waals surface area contributed by atoms with E-state index < -0.39 is 0 Å². The molecule has 2 unspecified atom stereocenters. The van der Waals surface area contributed by atoms with Crippen molar-refractivity contribution in [2.24, 2.45) is 0 Å². The van der Waals surface area contributed by atoms with Crippen molar-refractivity contribution in [3.05, 3.63) is 29.8 Å². The lowest BCUT2D eigenvalue weighted by Gasteiger charge is -2.26. The van der Waals surface area contributed by atoms with E-state index in [1.54, 1.807) is 0 Å². The summed E-state index contributed by atoms with van der Waals surface area (Å²) < 4.78 is 11.3. The van der Waals surface area contributed by atoms with E-state index in [9.17, 15) is 0 Å². The molecule has 0 aromatic heterocycles. The fourth-order valence-corrected chi connectivity index (χ4v) is 2.85. The summed E-state index contributed by atoms with van der Waals surface area (Å²) in [5.41, 5.74) is 1.35. The van der Waals surface area contributed by atoms with E-state index in [0.29, 0.717) is 12.0 Å². The van der Waals surface area contributed by atoms with Crippen molar-refractivity contribution in [2.75, 3.05) is 26.3 Å². The molecular weight excluding hydrogens is 226 g/mol. The Bertz CT molecular complexity index is 388. The van der Waals surface area contributed by atoms with Gasteiger partial charge in [0, 0.05) is 25.6 Å². The molecule has 0 bridgehead atoms. The van der Waals surface area contributed by atoms with E-state index in [1.165, 1.54) is 18.4 Å². The molecule has 3 rings (SSSR count). The summed E-state index contributed by atoms with van der Waals surface area (Å²) in [6.07, 6.45) is 3.96.